The summed E-state index contributed by atoms with van der Waals surface area (Å²) in [6, 6.07) is 0. The topological polar surface area (TPSA) is 0 Å². The molecular formula is C11H16. The zero-order valence-electron chi connectivity index (χ0n) is 7.00. The second kappa shape index (κ2) is 5.96. The minimum Gasteiger partial charge on any atom is -0.0882 e. The van der Waals surface area contributed by atoms with Gasteiger partial charge < -0.3 is 0 Å². The lowest BCUT2D eigenvalue weighted by Crippen LogP contribution is -1.71. The first-order valence-corrected chi connectivity index (χ1v) is 4.47. The summed E-state index contributed by atoms with van der Waals surface area (Å²) in [4.78, 5) is 0. The fourth-order valence-corrected chi connectivity index (χ4v) is 1.15. The van der Waals surface area contributed by atoms with Gasteiger partial charge >= 0.3 is 0 Å². The van der Waals surface area contributed by atoms with E-state index in [0.29, 0.717) is 0 Å². The molecule has 0 fully saturated rings. The van der Waals surface area contributed by atoms with Gasteiger partial charge in [-0.15, -0.1) is 0 Å². The van der Waals surface area contributed by atoms with Crippen LogP contribution in [0, 0.1) is 0 Å². The van der Waals surface area contributed by atoms with Crippen LogP contribution in [0.2, 0.25) is 0 Å². The molecule has 1 aliphatic rings. The maximum Gasteiger partial charge on any atom is -0.0166 e. The van der Waals surface area contributed by atoms with Crippen molar-refractivity contribution in [2.45, 2.75) is 32.1 Å². The van der Waals surface area contributed by atoms with Crippen LogP contribution in [0.5, 0.6) is 0 Å². The lowest BCUT2D eigenvalue weighted by Gasteiger charge is -1.90. The van der Waals surface area contributed by atoms with E-state index in [0.717, 1.165) is 6.42 Å². The fraction of sp³-hybridized carbons (Fsp3) is 0.455. The molecule has 0 aromatic rings. The van der Waals surface area contributed by atoms with Crippen molar-refractivity contribution in [1.82, 2.24) is 0 Å². The van der Waals surface area contributed by atoms with Crippen LogP contribution in [-0.4, -0.2) is 0 Å². The summed E-state index contributed by atoms with van der Waals surface area (Å²) in [6.45, 7) is 0. The molecular weight excluding hydrogens is 132 g/mol. The molecule has 0 amide bonds. The Morgan fingerprint density at radius 3 is 2.27 bits per heavy atom. The minimum atomic E-state index is 1.09. The molecule has 0 saturated carbocycles. The van der Waals surface area contributed by atoms with E-state index in [4.69, 9.17) is 0 Å². The van der Waals surface area contributed by atoms with Gasteiger partial charge in [0.2, 0.25) is 0 Å². The first-order chi connectivity index (χ1) is 5.50. The number of allylic oxidation sites excluding steroid dienone is 6. The lowest BCUT2D eigenvalue weighted by molar-refractivity contribution is 0.761. The molecule has 0 N–H and O–H groups in total. The second-order valence-electron chi connectivity index (χ2n) is 2.85. The van der Waals surface area contributed by atoms with Crippen LogP contribution in [-0.2, 0) is 0 Å². The van der Waals surface area contributed by atoms with Crippen LogP contribution >= 0.6 is 0 Å². The Morgan fingerprint density at radius 2 is 1.36 bits per heavy atom. The van der Waals surface area contributed by atoms with Crippen molar-refractivity contribution in [1.29, 1.82) is 0 Å². The molecule has 0 saturated heterocycles. The molecule has 11 heavy (non-hydrogen) atoms. The van der Waals surface area contributed by atoms with Crippen LogP contribution in [0.3, 0.4) is 0 Å². The van der Waals surface area contributed by atoms with Gasteiger partial charge in [-0.25, -0.2) is 0 Å². The normalized spacial score (nSPS) is 25.5. The molecule has 0 heteroatoms. The number of hydrogen-bond acceptors (Lipinski definition) is 0. The number of hydrogen-bond donors (Lipinski definition) is 0. The quantitative estimate of drug-likeness (QED) is 0.460. The van der Waals surface area contributed by atoms with Gasteiger partial charge in [0, 0.05) is 0 Å². The SMILES string of the molecule is C1=CCCCC/C=C\C/C=C/1. The summed E-state index contributed by atoms with van der Waals surface area (Å²) in [6.07, 6.45) is 19.5. The third kappa shape index (κ3) is 4.60. The van der Waals surface area contributed by atoms with Gasteiger partial charge in [-0.2, -0.15) is 0 Å². The summed E-state index contributed by atoms with van der Waals surface area (Å²) in [5.74, 6) is 0. The Kier molecular flexibility index (Phi) is 4.51. The van der Waals surface area contributed by atoms with Crippen molar-refractivity contribution in [3.05, 3.63) is 36.5 Å². The third-order valence-electron chi connectivity index (χ3n) is 1.81. The minimum absolute atomic E-state index is 1.09. The highest BCUT2D eigenvalue weighted by Gasteiger charge is 1.83. The summed E-state index contributed by atoms with van der Waals surface area (Å²) in [5.41, 5.74) is 0. The smallest absolute Gasteiger partial charge is 0.0166 e. The highest BCUT2D eigenvalue weighted by atomic mass is 13.9. The largest absolute Gasteiger partial charge is 0.0882 e. The zero-order chi connectivity index (χ0) is 7.78. The van der Waals surface area contributed by atoms with E-state index in [1.807, 2.05) is 0 Å². The van der Waals surface area contributed by atoms with Gasteiger partial charge in [-0.3, -0.25) is 0 Å². The molecule has 1 rings (SSSR count). The van der Waals surface area contributed by atoms with Gasteiger partial charge in [0.25, 0.3) is 0 Å². The highest BCUT2D eigenvalue weighted by Crippen LogP contribution is 2.03. The van der Waals surface area contributed by atoms with Crippen molar-refractivity contribution in [2.24, 2.45) is 0 Å². The third-order valence-corrected chi connectivity index (χ3v) is 1.81. The number of rotatable bonds is 0. The second-order valence-corrected chi connectivity index (χ2v) is 2.85. The molecule has 0 bridgehead atoms. The summed E-state index contributed by atoms with van der Waals surface area (Å²) < 4.78 is 0. The molecule has 0 atom stereocenters. The summed E-state index contributed by atoms with van der Waals surface area (Å²) in [7, 11) is 0. The van der Waals surface area contributed by atoms with Crippen LogP contribution < -0.4 is 0 Å². The van der Waals surface area contributed by atoms with E-state index in [-0.39, 0.29) is 0 Å². The fourth-order valence-electron chi connectivity index (χ4n) is 1.15. The Hall–Kier alpha value is -0.780. The van der Waals surface area contributed by atoms with Crippen LogP contribution in [0.1, 0.15) is 32.1 Å². The molecule has 0 nitrogen and oxygen atoms in total. The Balaban J connectivity index is 2.35. The maximum atomic E-state index is 2.29. The molecule has 1 aliphatic carbocycles. The summed E-state index contributed by atoms with van der Waals surface area (Å²) in [5, 5.41) is 0. The molecule has 60 valence electrons. The van der Waals surface area contributed by atoms with Gasteiger partial charge in [0.1, 0.15) is 0 Å². The van der Waals surface area contributed by atoms with Crippen molar-refractivity contribution >= 4 is 0 Å². The molecule has 0 spiro atoms. The van der Waals surface area contributed by atoms with Gasteiger partial charge in [0.15, 0.2) is 0 Å². The average molecular weight is 148 g/mol. The molecule has 0 unspecified atom stereocenters. The van der Waals surface area contributed by atoms with Gasteiger partial charge in [-0.1, -0.05) is 36.5 Å². The van der Waals surface area contributed by atoms with Crippen LogP contribution in [0.4, 0.5) is 0 Å². The molecule has 0 aliphatic heterocycles. The molecule has 0 heterocycles. The molecule has 0 aromatic heterocycles. The Morgan fingerprint density at radius 1 is 0.636 bits per heavy atom. The van der Waals surface area contributed by atoms with Crippen LogP contribution in [0.15, 0.2) is 36.5 Å². The Bertz CT molecular complexity index is 161. The van der Waals surface area contributed by atoms with Crippen molar-refractivity contribution < 1.29 is 0 Å². The monoisotopic (exact) mass is 148 g/mol. The van der Waals surface area contributed by atoms with E-state index < -0.39 is 0 Å². The molecule has 0 aromatic carbocycles. The van der Waals surface area contributed by atoms with E-state index in [9.17, 15) is 0 Å². The lowest BCUT2D eigenvalue weighted by atomic mass is 10.2. The first kappa shape index (κ1) is 8.32. The van der Waals surface area contributed by atoms with Gasteiger partial charge in [0.05, 0.1) is 0 Å². The van der Waals surface area contributed by atoms with Crippen molar-refractivity contribution in [3.8, 4) is 0 Å². The summed E-state index contributed by atoms with van der Waals surface area (Å²) >= 11 is 0. The van der Waals surface area contributed by atoms with E-state index in [2.05, 4.69) is 36.5 Å². The zero-order valence-corrected chi connectivity index (χ0v) is 7.00. The standard InChI is InChI=1S/C11H16/c1-2-4-6-8-10-11-9-7-5-3-1/h1-4,7,9H,5-6,8,10-11H2/b3-1+,4-2?,9-7-. The predicted octanol–water partition coefficient (Wildman–Crippen LogP) is 3.62. The van der Waals surface area contributed by atoms with Gasteiger partial charge in [-0.05, 0) is 32.1 Å². The molecule has 0 radical (unpaired) electrons. The van der Waals surface area contributed by atoms with E-state index >= 15 is 0 Å². The average Bonchev–Trinajstić information content (AvgIpc) is 2.08. The predicted molar refractivity (Wildman–Crippen MR) is 50.5 cm³/mol. The maximum absolute atomic E-state index is 2.29. The van der Waals surface area contributed by atoms with Crippen LogP contribution in [0.25, 0.3) is 0 Å². The highest BCUT2D eigenvalue weighted by molar-refractivity contribution is 5.05. The van der Waals surface area contributed by atoms with Crippen molar-refractivity contribution in [3.63, 3.8) is 0 Å². The first-order valence-electron chi connectivity index (χ1n) is 4.47. The Labute approximate surface area is 69.3 Å². The van der Waals surface area contributed by atoms with E-state index in [1.165, 1.54) is 25.7 Å². The van der Waals surface area contributed by atoms with E-state index in [1.54, 1.807) is 0 Å². The van der Waals surface area contributed by atoms with Crippen molar-refractivity contribution in [2.75, 3.05) is 0 Å².